The Bertz CT molecular complexity index is 1010. The molecule has 0 aromatic heterocycles. The topological polar surface area (TPSA) is 87.1 Å². The molecule has 1 aliphatic heterocycles. The van der Waals surface area contributed by atoms with Crippen LogP contribution in [0.3, 0.4) is 0 Å². The van der Waals surface area contributed by atoms with Crippen molar-refractivity contribution in [2.45, 2.75) is 37.5 Å². The van der Waals surface area contributed by atoms with Gasteiger partial charge in [0.15, 0.2) is 17.4 Å². The zero-order chi connectivity index (χ0) is 23.0. The van der Waals surface area contributed by atoms with E-state index in [4.69, 9.17) is 4.18 Å². The summed E-state index contributed by atoms with van der Waals surface area (Å²) in [6, 6.07) is 6.62. The van der Waals surface area contributed by atoms with Gasteiger partial charge in [0.05, 0.1) is 11.9 Å². The summed E-state index contributed by atoms with van der Waals surface area (Å²) in [7, 11) is -3.98. The molecule has 3 rings (SSSR count). The predicted molar refractivity (Wildman–Crippen MR) is 107 cm³/mol. The standard InChI is InChI=1S/C21H24F3NO5S/c1-13(20(30-31(2,28)29)14-11-17(23)19(26)18(24)12-14)25-9-7-21(27,8-10-25)15-3-5-16(22)6-4-15/h3-6,11-13,20,26-27H,7-10H2,1-2H3. The molecule has 0 bridgehead atoms. The average molecular weight is 459 g/mol. The number of halogens is 3. The van der Waals surface area contributed by atoms with Crippen LogP contribution in [-0.4, -0.2) is 48.9 Å². The Kier molecular flexibility index (Phi) is 6.66. The summed E-state index contributed by atoms with van der Waals surface area (Å²) >= 11 is 0. The van der Waals surface area contributed by atoms with Crippen molar-refractivity contribution < 1.29 is 36.0 Å². The second-order valence-corrected chi connectivity index (χ2v) is 9.47. The second-order valence-electron chi connectivity index (χ2n) is 7.87. The van der Waals surface area contributed by atoms with Gasteiger partial charge in [0.25, 0.3) is 10.1 Å². The van der Waals surface area contributed by atoms with Gasteiger partial charge in [-0.1, -0.05) is 12.1 Å². The number of hydrogen-bond acceptors (Lipinski definition) is 6. The van der Waals surface area contributed by atoms with E-state index in [0.717, 1.165) is 18.4 Å². The molecule has 1 fully saturated rings. The first-order chi connectivity index (χ1) is 14.4. The molecule has 2 unspecified atom stereocenters. The number of aliphatic hydroxyl groups is 1. The molecule has 2 atom stereocenters. The van der Waals surface area contributed by atoms with Gasteiger partial charge in [-0.2, -0.15) is 8.42 Å². The minimum Gasteiger partial charge on any atom is -0.503 e. The summed E-state index contributed by atoms with van der Waals surface area (Å²) in [6.45, 7) is 2.32. The third kappa shape index (κ3) is 5.38. The molecule has 10 heteroatoms. The van der Waals surface area contributed by atoms with Crippen molar-refractivity contribution in [2.24, 2.45) is 0 Å². The van der Waals surface area contributed by atoms with Gasteiger partial charge < -0.3 is 10.2 Å². The highest BCUT2D eigenvalue weighted by Gasteiger charge is 2.38. The van der Waals surface area contributed by atoms with Crippen molar-refractivity contribution in [3.05, 3.63) is 65.0 Å². The Morgan fingerprint density at radius 2 is 1.58 bits per heavy atom. The largest absolute Gasteiger partial charge is 0.503 e. The maximum atomic E-state index is 13.9. The number of nitrogens with zero attached hydrogens (tertiary/aromatic N) is 1. The zero-order valence-electron chi connectivity index (χ0n) is 17.1. The van der Waals surface area contributed by atoms with E-state index in [1.54, 1.807) is 6.92 Å². The maximum absolute atomic E-state index is 13.9. The molecule has 31 heavy (non-hydrogen) atoms. The molecule has 1 aliphatic rings. The number of phenolic OH excluding ortho intramolecular Hbond substituents is 1. The summed E-state index contributed by atoms with van der Waals surface area (Å²) in [4.78, 5) is 1.84. The number of rotatable bonds is 6. The monoisotopic (exact) mass is 459 g/mol. The SMILES string of the molecule is CC(C(OS(C)(=O)=O)c1cc(F)c(O)c(F)c1)N1CCC(O)(c2ccc(F)cc2)CC1. The van der Waals surface area contributed by atoms with Gasteiger partial charge >= 0.3 is 0 Å². The van der Waals surface area contributed by atoms with Crippen molar-refractivity contribution in [2.75, 3.05) is 19.3 Å². The molecular weight excluding hydrogens is 435 g/mol. The normalized spacial score (nSPS) is 19.2. The fourth-order valence-corrected chi connectivity index (χ4v) is 4.54. The first kappa shape index (κ1) is 23.5. The van der Waals surface area contributed by atoms with E-state index in [1.165, 1.54) is 24.3 Å². The lowest BCUT2D eigenvalue weighted by molar-refractivity contribution is -0.0466. The van der Waals surface area contributed by atoms with Crippen LogP contribution in [0.1, 0.15) is 37.0 Å². The van der Waals surface area contributed by atoms with E-state index in [1.807, 2.05) is 4.90 Å². The predicted octanol–water partition coefficient (Wildman–Crippen LogP) is 3.20. The van der Waals surface area contributed by atoms with E-state index in [0.29, 0.717) is 18.7 Å². The van der Waals surface area contributed by atoms with Crippen molar-refractivity contribution in [3.63, 3.8) is 0 Å². The van der Waals surface area contributed by atoms with Crippen LogP contribution in [0.2, 0.25) is 0 Å². The van der Waals surface area contributed by atoms with Gasteiger partial charge in [-0.05, 0) is 55.2 Å². The third-order valence-electron chi connectivity index (χ3n) is 5.67. The summed E-state index contributed by atoms with van der Waals surface area (Å²) in [5, 5.41) is 20.3. The molecule has 0 amide bonds. The van der Waals surface area contributed by atoms with E-state index in [-0.39, 0.29) is 18.4 Å². The lowest BCUT2D eigenvalue weighted by atomic mass is 9.83. The molecule has 6 nitrogen and oxygen atoms in total. The van der Waals surface area contributed by atoms with Crippen molar-refractivity contribution in [1.82, 2.24) is 4.90 Å². The fraction of sp³-hybridized carbons (Fsp3) is 0.429. The summed E-state index contributed by atoms with van der Waals surface area (Å²) in [6.07, 6.45) is 0.167. The fourth-order valence-electron chi connectivity index (χ4n) is 3.89. The minimum atomic E-state index is -3.98. The minimum absolute atomic E-state index is 0.0786. The quantitative estimate of drug-likeness (QED) is 0.646. The Balaban J connectivity index is 1.82. The summed E-state index contributed by atoms with van der Waals surface area (Å²) in [5.74, 6) is -4.02. The Morgan fingerprint density at radius 1 is 1.06 bits per heavy atom. The van der Waals surface area contributed by atoms with Crippen molar-refractivity contribution >= 4 is 10.1 Å². The Hall–Kier alpha value is -2.14. The zero-order valence-corrected chi connectivity index (χ0v) is 17.9. The van der Waals surface area contributed by atoms with Crippen LogP contribution in [0.4, 0.5) is 13.2 Å². The van der Waals surface area contributed by atoms with Crippen LogP contribution in [0, 0.1) is 17.5 Å². The number of benzene rings is 2. The van der Waals surface area contributed by atoms with Crippen LogP contribution in [0.25, 0.3) is 0 Å². The van der Waals surface area contributed by atoms with Crippen LogP contribution in [0.5, 0.6) is 5.75 Å². The van der Waals surface area contributed by atoms with Crippen molar-refractivity contribution in [1.29, 1.82) is 0 Å². The molecular formula is C21H24F3NO5S. The van der Waals surface area contributed by atoms with Gasteiger partial charge in [-0.15, -0.1) is 0 Å². The molecule has 0 saturated carbocycles. The lowest BCUT2D eigenvalue weighted by Gasteiger charge is -2.42. The Labute approximate surface area is 179 Å². The highest BCUT2D eigenvalue weighted by Crippen LogP contribution is 2.37. The third-order valence-corrected chi connectivity index (χ3v) is 6.22. The van der Waals surface area contributed by atoms with E-state index in [9.17, 15) is 31.8 Å². The highest BCUT2D eigenvalue weighted by molar-refractivity contribution is 7.86. The van der Waals surface area contributed by atoms with Gasteiger partial charge in [-0.25, -0.2) is 13.2 Å². The molecule has 0 aliphatic carbocycles. The summed E-state index contributed by atoms with van der Waals surface area (Å²) in [5.41, 5.74) is -0.675. The molecule has 0 spiro atoms. The number of hydrogen-bond donors (Lipinski definition) is 2. The molecule has 2 aromatic rings. The summed E-state index contributed by atoms with van der Waals surface area (Å²) < 4.78 is 69.7. The lowest BCUT2D eigenvalue weighted by Crippen LogP contribution is -2.48. The molecule has 1 heterocycles. The van der Waals surface area contributed by atoms with E-state index in [2.05, 4.69) is 0 Å². The highest BCUT2D eigenvalue weighted by atomic mass is 32.2. The molecule has 0 radical (unpaired) electrons. The van der Waals surface area contributed by atoms with Gasteiger partial charge in [0, 0.05) is 19.1 Å². The number of aromatic hydroxyl groups is 1. The Morgan fingerprint density at radius 3 is 2.06 bits per heavy atom. The van der Waals surface area contributed by atoms with Crippen LogP contribution in [0.15, 0.2) is 36.4 Å². The van der Waals surface area contributed by atoms with Gasteiger partial charge in [-0.3, -0.25) is 9.08 Å². The van der Waals surface area contributed by atoms with Crippen LogP contribution in [-0.2, 0) is 19.9 Å². The molecule has 2 aromatic carbocycles. The first-order valence-corrected chi connectivity index (χ1v) is 11.5. The van der Waals surface area contributed by atoms with Crippen molar-refractivity contribution in [3.8, 4) is 5.75 Å². The molecule has 2 N–H and O–H groups in total. The molecule has 170 valence electrons. The molecule has 1 saturated heterocycles. The first-order valence-electron chi connectivity index (χ1n) is 9.68. The second kappa shape index (κ2) is 8.78. The number of likely N-dealkylation sites (tertiary alicyclic amines) is 1. The number of phenols is 1. The smallest absolute Gasteiger partial charge is 0.265 e. The number of piperidine rings is 1. The van der Waals surface area contributed by atoms with E-state index >= 15 is 0 Å². The van der Waals surface area contributed by atoms with Crippen LogP contribution >= 0.6 is 0 Å². The van der Waals surface area contributed by atoms with E-state index < -0.39 is 51.1 Å². The average Bonchev–Trinajstić information content (AvgIpc) is 2.69. The van der Waals surface area contributed by atoms with Gasteiger partial charge in [0.1, 0.15) is 11.9 Å². The maximum Gasteiger partial charge on any atom is 0.265 e. The van der Waals surface area contributed by atoms with Crippen LogP contribution < -0.4 is 0 Å². The van der Waals surface area contributed by atoms with Gasteiger partial charge in [0.2, 0.25) is 0 Å².